The lowest BCUT2D eigenvalue weighted by Gasteiger charge is -2.28. The first-order valence-corrected chi connectivity index (χ1v) is 9.26. The SMILES string of the molecule is CC[C@H](O)c1cc2n(n1)CCN(C(=O)c1nc(N)nc3c1CCCC3)C2. The molecule has 26 heavy (non-hydrogen) atoms. The van der Waals surface area contributed by atoms with Gasteiger partial charge in [-0.3, -0.25) is 9.48 Å². The number of anilines is 1. The minimum absolute atomic E-state index is 0.0951. The van der Waals surface area contributed by atoms with Crippen LogP contribution in [0.1, 0.15) is 65.4 Å². The van der Waals surface area contributed by atoms with E-state index in [2.05, 4.69) is 15.1 Å². The van der Waals surface area contributed by atoms with Crippen molar-refractivity contribution in [1.82, 2.24) is 24.6 Å². The number of aliphatic hydroxyl groups excluding tert-OH is 1. The maximum atomic E-state index is 13.1. The van der Waals surface area contributed by atoms with E-state index >= 15 is 0 Å². The van der Waals surface area contributed by atoms with E-state index in [1.807, 2.05) is 17.7 Å². The molecule has 3 heterocycles. The van der Waals surface area contributed by atoms with Gasteiger partial charge in [-0.2, -0.15) is 5.10 Å². The fraction of sp³-hybridized carbons (Fsp3) is 0.556. The number of aliphatic hydroxyl groups is 1. The molecule has 0 spiro atoms. The zero-order chi connectivity index (χ0) is 18.3. The van der Waals surface area contributed by atoms with Crippen molar-refractivity contribution in [2.45, 2.75) is 58.2 Å². The second-order valence-corrected chi connectivity index (χ2v) is 7.00. The molecule has 0 bridgehead atoms. The summed E-state index contributed by atoms with van der Waals surface area (Å²) in [5.41, 5.74) is 9.77. The highest BCUT2D eigenvalue weighted by Crippen LogP contribution is 2.26. The van der Waals surface area contributed by atoms with Crippen LogP contribution in [0.15, 0.2) is 6.07 Å². The van der Waals surface area contributed by atoms with E-state index in [1.165, 1.54) is 0 Å². The third-order valence-corrected chi connectivity index (χ3v) is 5.24. The maximum absolute atomic E-state index is 13.1. The lowest BCUT2D eigenvalue weighted by Crippen LogP contribution is -2.39. The molecule has 0 fully saturated rings. The molecule has 0 unspecified atom stereocenters. The van der Waals surface area contributed by atoms with Crippen molar-refractivity contribution in [3.8, 4) is 0 Å². The van der Waals surface area contributed by atoms with Gasteiger partial charge in [0.1, 0.15) is 5.69 Å². The minimum Gasteiger partial charge on any atom is -0.387 e. The van der Waals surface area contributed by atoms with Crippen LogP contribution in [0.25, 0.3) is 0 Å². The van der Waals surface area contributed by atoms with Crippen molar-refractivity contribution in [3.05, 3.63) is 34.4 Å². The third kappa shape index (κ3) is 2.94. The minimum atomic E-state index is -0.564. The monoisotopic (exact) mass is 356 g/mol. The topological polar surface area (TPSA) is 110 Å². The Morgan fingerprint density at radius 2 is 2.12 bits per heavy atom. The van der Waals surface area contributed by atoms with Crippen molar-refractivity contribution in [2.75, 3.05) is 12.3 Å². The number of aryl methyl sites for hydroxylation is 1. The smallest absolute Gasteiger partial charge is 0.273 e. The molecular formula is C18H24N6O2. The highest BCUT2D eigenvalue weighted by molar-refractivity contribution is 5.94. The molecular weight excluding hydrogens is 332 g/mol. The van der Waals surface area contributed by atoms with Gasteiger partial charge in [-0.15, -0.1) is 0 Å². The first-order valence-electron chi connectivity index (χ1n) is 9.26. The molecule has 1 atom stereocenters. The molecule has 0 saturated carbocycles. The third-order valence-electron chi connectivity index (χ3n) is 5.24. The van der Waals surface area contributed by atoms with E-state index in [0.29, 0.717) is 37.4 Å². The van der Waals surface area contributed by atoms with Gasteiger partial charge >= 0.3 is 0 Å². The van der Waals surface area contributed by atoms with Crippen LogP contribution in [0.2, 0.25) is 0 Å². The summed E-state index contributed by atoms with van der Waals surface area (Å²) in [5, 5.41) is 14.5. The summed E-state index contributed by atoms with van der Waals surface area (Å²) in [6, 6.07) is 1.89. The van der Waals surface area contributed by atoms with Crippen LogP contribution < -0.4 is 5.73 Å². The Hall–Kier alpha value is -2.48. The quantitative estimate of drug-likeness (QED) is 0.856. The molecule has 2 aromatic heterocycles. The van der Waals surface area contributed by atoms with E-state index in [0.717, 1.165) is 42.6 Å². The number of nitrogens with two attached hydrogens (primary N) is 1. The van der Waals surface area contributed by atoms with Gasteiger partial charge in [0.15, 0.2) is 0 Å². The van der Waals surface area contributed by atoms with Gasteiger partial charge in [0, 0.05) is 17.8 Å². The van der Waals surface area contributed by atoms with E-state index in [9.17, 15) is 9.90 Å². The van der Waals surface area contributed by atoms with Crippen LogP contribution in [-0.2, 0) is 25.9 Å². The van der Waals surface area contributed by atoms with Crippen LogP contribution in [0.5, 0.6) is 0 Å². The molecule has 3 N–H and O–H groups in total. The average Bonchev–Trinajstić information content (AvgIpc) is 3.09. The van der Waals surface area contributed by atoms with Gasteiger partial charge in [0.25, 0.3) is 5.91 Å². The molecule has 138 valence electrons. The van der Waals surface area contributed by atoms with Crippen molar-refractivity contribution < 1.29 is 9.90 Å². The van der Waals surface area contributed by atoms with Crippen molar-refractivity contribution >= 4 is 11.9 Å². The Morgan fingerprint density at radius 1 is 1.31 bits per heavy atom. The number of hydrogen-bond donors (Lipinski definition) is 2. The van der Waals surface area contributed by atoms with E-state index in [4.69, 9.17) is 5.73 Å². The molecule has 2 aromatic rings. The Kier molecular flexibility index (Phi) is 4.36. The lowest BCUT2D eigenvalue weighted by atomic mass is 9.94. The van der Waals surface area contributed by atoms with Crippen LogP contribution >= 0.6 is 0 Å². The molecule has 8 nitrogen and oxygen atoms in total. The Bertz CT molecular complexity index is 846. The molecule has 4 rings (SSSR count). The maximum Gasteiger partial charge on any atom is 0.273 e. The predicted molar refractivity (Wildman–Crippen MR) is 95.3 cm³/mol. The Balaban J connectivity index is 1.60. The number of nitrogens with zero attached hydrogens (tertiary/aromatic N) is 5. The zero-order valence-corrected chi connectivity index (χ0v) is 15.0. The fourth-order valence-electron chi connectivity index (χ4n) is 3.77. The molecule has 1 aliphatic heterocycles. The van der Waals surface area contributed by atoms with Gasteiger partial charge in [-0.05, 0) is 38.2 Å². The number of hydrogen-bond acceptors (Lipinski definition) is 6. The molecule has 0 aromatic carbocycles. The number of fused-ring (bicyclic) bond motifs is 2. The first kappa shape index (κ1) is 17.0. The molecule has 1 amide bonds. The summed E-state index contributed by atoms with van der Waals surface area (Å²) in [7, 11) is 0. The summed E-state index contributed by atoms with van der Waals surface area (Å²) in [5.74, 6) is 0.0756. The summed E-state index contributed by atoms with van der Waals surface area (Å²) in [4.78, 5) is 23.5. The highest BCUT2D eigenvalue weighted by Gasteiger charge is 2.29. The number of aromatic nitrogens is 4. The fourth-order valence-corrected chi connectivity index (χ4v) is 3.77. The number of rotatable bonds is 3. The standard InChI is InChI=1S/C18H24N6O2/c1-2-15(25)14-9-11-10-23(7-8-24(11)22-14)17(26)16-12-5-3-4-6-13(12)20-18(19)21-16/h9,15,25H,2-8,10H2,1H3,(H2,19,20,21)/t15-/m0/s1. The van der Waals surface area contributed by atoms with E-state index in [-0.39, 0.29) is 11.9 Å². The van der Waals surface area contributed by atoms with E-state index < -0.39 is 6.10 Å². The lowest BCUT2D eigenvalue weighted by molar-refractivity contribution is 0.0698. The average molecular weight is 356 g/mol. The van der Waals surface area contributed by atoms with Crippen molar-refractivity contribution in [2.24, 2.45) is 0 Å². The predicted octanol–water partition coefficient (Wildman–Crippen LogP) is 1.23. The second kappa shape index (κ2) is 6.68. The number of nitrogen functional groups attached to an aromatic ring is 1. The highest BCUT2D eigenvalue weighted by atomic mass is 16.3. The largest absolute Gasteiger partial charge is 0.387 e. The van der Waals surface area contributed by atoms with E-state index in [1.54, 1.807) is 4.90 Å². The molecule has 8 heteroatoms. The van der Waals surface area contributed by atoms with Crippen LogP contribution in [0.4, 0.5) is 5.95 Å². The number of amides is 1. The zero-order valence-electron chi connectivity index (χ0n) is 15.0. The van der Waals surface area contributed by atoms with Crippen molar-refractivity contribution in [1.29, 1.82) is 0 Å². The number of carbonyl (C=O) groups excluding carboxylic acids is 1. The molecule has 0 radical (unpaired) electrons. The molecule has 2 aliphatic rings. The van der Waals surface area contributed by atoms with Gasteiger partial charge in [-0.25, -0.2) is 9.97 Å². The number of carbonyl (C=O) groups is 1. The second-order valence-electron chi connectivity index (χ2n) is 7.00. The van der Waals surface area contributed by atoms with Gasteiger partial charge in [0.05, 0.1) is 30.6 Å². The van der Waals surface area contributed by atoms with Gasteiger partial charge < -0.3 is 15.7 Å². The summed E-state index contributed by atoms with van der Waals surface area (Å²) < 4.78 is 1.88. The Morgan fingerprint density at radius 3 is 2.92 bits per heavy atom. The van der Waals surface area contributed by atoms with Gasteiger partial charge in [0.2, 0.25) is 5.95 Å². The van der Waals surface area contributed by atoms with Crippen LogP contribution in [0, 0.1) is 0 Å². The summed E-state index contributed by atoms with van der Waals surface area (Å²) in [6.45, 7) is 3.55. The summed E-state index contributed by atoms with van der Waals surface area (Å²) >= 11 is 0. The molecule has 1 aliphatic carbocycles. The summed E-state index contributed by atoms with van der Waals surface area (Å²) in [6.07, 6.45) is 3.85. The first-order chi connectivity index (χ1) is 12.6. The van der Waals surface area contributed by atoms with Crippen molar-refractivity contribution in [3.63, 3.8) is 0 Å². The normalized spacial score (nSPS) is 17.5. The van der Waals surface area contributed by atoms with Crippen LogP contribution in [-0.4, -0.2) is 42.2 Å². The van der Waals surface area contributed by atoms with Gasteiger partial charge in [-0.1, -0.05) is 6.92 Å². The molecule has 0 saturated heterocycles. The van der Waals surface area contributed by atoms with Crippen LogP contribution in [0.3, 0.4) is 0 Å². The Labute approximate surface area is 152 Å².